The van der Waals surface area contributed by atoms with Gasteiger partial charge in [-0.3, -0.25) is 14.2 Å². The van der Waals surface area contributed by atoms with Gasteiger partial charge in [0.1, 0.15) is 12.4 Å². The molecule has 0 bridgehead atoms. The zero-order valence-electron chi connectivity index (χ0n) is 10.7. The number of nitrogens with zero attached hydrogens (tertiary/aromatic N) is 2. The maximum atomic E-state index is 11.4. The fourth-order valence-corrected chi connectivity index (χ4v) is 1.69. The third-order valence-electron chi connectivity index (χ3n) is 2.67. The first kappa shape index (κ1) is 13.8. The third-order valence-corrected chi connectivity index (χ3v) is 2.67. The minimum Gasteiger partial charge on any atom is -0.492 e. The molecule has 0 aliphatic heterocycles. The summed E-state index contributed by atoms with van der Waals surface area (Å²) < 4.78 is 6.95. The Morgan fingerprint density at radius 2 is 2.00 bits per heavy atom. The van der Waals surface area contributed by atoms with Gasteiger partial charge >= 0.3 is 5.97 Å². The van der Waals surface area contributed by atoms with Crippen LogP contribution in [0.5, 0.6) is 5.75 Å². The Bertz CT molecular complexity index is 634. The normalized spacial score (nSPS) is 10.2. The molecule has 1 aromatic carbocycles. The molecule has 2 rings (SSSR count). The standard InChI is InChI=1S/C14H14N2O4/c17-13-5-6-15-10-16(13)7-8-20-12-3-1-11(2-4-12)9-14(18)19/h1-6,10H,7-9H2,(H,18,19). The van der Waals surface area contributed by atoms with E-state index >= 15 is 0 Å². The van der Waals surface area contributed by atoms with Crippen LogP contribution in [-0.4, -0.2) is 27.2 Å². The maximum Gasteiger partial charge on any atom is 0.307 e. The number of aliphatic carboxylic acids is 1. The predicted octanol–water partition coefficient (Wildman–Crippen LogP) is 0.949. The first-order valence-electron chi connectivity index (χ1n) is 6.09. The van der Waals surface area contributed by atoms with Crippen molar-refractivity contribution in [3.05, 3.63) is 58.8 Å². The van der Waals surface area contributed by atoms with Crippen LogP contribution in [0.2, 0.25) is 0 Å². The number of ether oxygens (including phenoxy) is 1. The minimum absolute atomic E-state index is 0.00857. The Hall–Kier alpha value is -2.63. The molecule has 0 spiro atoms. The molecule has 0 saturated carbocycles. The van der Waals surface area contributed by atoms with E-state index in [0.29, 0.717) is 24.5 Å². The Labute approximate surface area is 115 Å². The first-order valence-corrected chi connectivity index (χ1v) is 6.09. The van der Waals surface area contributed by atoms with Gasteiger partial charge in [0.15, 0.2) is 0 Å². The molecule has 0 radical (unpaired) electrons. The quantitative estimate of drug-likeness (QED) is 0.848. The van der Waals surface area contributed by atoms with Crippen molar-refractivity contribution in [1.82, 2.24) is 9.55 Å². The second-order valence-electron chi connectivity index (χ2n) is 4.17. The summed E-state index contributed by atoms with van der Waals surface area (Å²) in [5, 5.41) is 8.66. The minimum atomic E-state index is -0.866. The van der Waals surface area contributed by atoms with E-state index in [9.17, 15) is 9.59 Å². The highest BCUT2D eigenvalue weighted by atomic mass is 16.5. The molecule has 104 valence electrons. The molecule has 6 nitrogen and oxygen atoms in total. The van der Waals surface area contributed by atoms with E-state index < -0.39 is 5.97 Å². The number of carbonyl (C=O) groups is 1. The lowest BCUT2D eigenvalue weighted by molar-refractivity contribution is -0.136. The van der Waals surface area contributed by atoms with E-state index in [1.807, 2.05) is 0 Å². The van der Waals surface area contributed by atoms with Crippen LogP contribution >= 0.6 is 0 Å². The lowest BCUT2D eigenvalue weighted by Gasteiger charge is -2.08. The van der Waals surface area contributed by atoms with Crippen LogP contribution in [0.15, 0.2) is 47.7 Å². The molecule has 0 unspecified atom stereocenters. The summed E-state index contributed by atoms with van der Waals surface area (Å²) in [5.41, 5.74) is 0.591. The molecule has 1 aromatic heterocycles. The number of hydrogen-bond acceptors (Lipinski definition) is 4. The largest absolute Gasteiger partial charge is 0.492 e. The van der Waals surface area contributed by atoms with Crippen molar-refractivity contribution >= 4 is 5.97 Å². The number of hydrogen-bond donors (Lipinski definition) is 1. The van der Waals surface area contributed by atoms with E-state index in [1.165, 1.54) is 23.2 Å². The van der Waals surface area contributed by atoms with E-state index in [0.717, 1.165) is 0 Å². The van der Waals surface area contributed by atoms with Gasteiger partial charge in [-0.05, 0) is 17.7 Å². The second kappa shape index (κ2) is 6.51. The Kier molecular flexibility index (Phi) is 4.49. The molecule has 0 aliphatic rings. The van der Waals surface area contributed by atoms with Crippen LogP contribution in [0.1, 0.15) is 5.56 Å². The molecule has 6 heteroatoms. The van der Waals surface area contributed by atoms with Crippen LogP contribution in [0.3, 0.4) is 0 Å². The zero-order valence-corrected chi connectivity index (χ0v) is 10.7. The molecule has 0 saturated heterocycles. The van der Waals surface area contributed by atoms with Gasteiger partial charge in [0.05, 0.1) is 19.3 Å². The Morgan fingerprint density at radius 1 is 1.25 bits per heavy atom. The van der Waals surface area contributed by atoms with E-state index in [1.54, 1.807) is 24.3 Å². The van der Waals surface area contributed by atoms with E-state index in [4.69, 9.17) is 9.84 Å². The van der Waals surface area contributed by atoms with Crippen LogP contribution in [0.4, 0.5) is 0 Å². The van der Waals surface area contributed by atoms with Gasteiger partial charge in [-0.25, -0.2) is 4.98 Å². The fourth-order valence-electron chi connectivity index (χ4n) is 1.69. The average Bonchev–Trinajstić information content (AvgIpc) is 2.42. The number of aromatic nitrogens is 2. The molecule has 1 N–H and O–H groups in total. The van der Waals surface area contributed by atoms with Crippen LogP contribution in [0, 0.1) is 0 Å². The van der Waals surface area contributed by atoms with E-state index in [2.05, 4.69) is 4.98 Å². The van der Waals surface area contributed by atoms with Crippen molar-refractivity contribution in [3.8, 4) is 5.75 Å². The third kappa shape index (κ3) is 3.94. The van der Waals surface area contributed by atoms with E-state index in [-0.39, 0.29) is 12.0 Å². The van der Waals surface area contributed by atoms with Gasteiger partial charge in [0.25, 0.3) is 5.56 Å². The van der Waals surface area contributed by atoms with Crippen molar-refractivity contribution < 1.29 is 14.6 Å². The van der Waals surface area contributed by atoms with Gasteiger partial charge in [-0.2, -0.15) is 0 Å². The molecule has 0 atom stereocenters. The summed E-state index contributed by atoms with van der Waals surface area (Å²) in [6, 6.07) is 8.23. The van der Waals surface area contributed by atoms with Crippen molar-refractivity contribution in [1.29, 1.82) is 0 Å². The SMILES string of the molecule is O=C(O)Cc1ccc(OCCn2cnccc2=O)cc1. The van der Waals surface area contributed by atoms with Gasteiger partial charge in [0, 0.05) is 12.3 Å². The zero-order chi connectivity index (χ0) is 14.4. The predicted molar refractivity (Wildman–Crippen MR) is 71.8 cm³/mol. The molecule has 2 aromatic rings. The Balaban J connectivity index is 1.87. The lowest BCUT2D eigenvalue weighted by Crippen LogP contribution is -2.22. The lowest BCUT2D eigenvalue weighted by atomic mass is 10.1. The van der Waals surface area contributed by atoms with Crippen LogP contribution < -0.4 is 10.3 Å². The average molecular weight is 274 g/mol. The molecule has 0 amide bonds. The van der Waals surface area contributed by atoms with Gasteiger partial charge in [-0.1, -0.05) is 12.1 Å². The van der Waals surface area contributed by atoms with Gasteiger partial charge in [-0.15, -0.1) is 0 Å². The van der Waals surface area contributed by atoms with Crippen molar-refractivity contribution in [3.63, 3.8) is 0 Å². The number of benzene rings is 1. The summed E-state index contributed by atoms with van der Waals surface area (Å²) in [5.74, 6) is -0.231. The van der Waals surface area contributed by atoms with Crippen molar-refractivity contribution in [2.24, 2.45) is 0 Å². The molecule has 20 heavy (non-hydrogen) atoms. The summed E-state index contributed by atoms with van der Waals surface area (Å²) in [6.07, 6.45) is 2.90. The van der Waals surface area contributed by atoms with Crippen molar-refractivity contribution in [2.45, 2.75) is 13.0 Å². The molecular weight excluding hydrogens is 260 g/mol. The first-order chi connectivity index (χ1) is 9.65. The summed E-state index contributed by atoms with van der Waals surface area (Å²) in [6.45, 7) is 0.743. The molecule has 0 aliphatic carbocycles. The smallest absolute Gasteiger partial charge is 0.307 e. The monoisotopic (exact) mass is 274 g/mol. The molecular formula is C14H14N2O4. The second-order valence-corrected chi connectivity index (χ2v) is 4.17. The number of carboxylic acid groups (broad SMARTS) is 1. The fraction of sp³-hybridized carbons (Fsp3) is 0.214. The number of rotatable bonds is 6. The van der Waals surface area contributed by atoms with Crippen molar-refractivity contribution in [2.75, 3.05) is 6.61 Å². The van der Waals surface area contributed by atoms with Gasteiger partial charge in [0.2, 0.25) is 0 Å². The topological polar surface area (TPSA) is 81.4 Å². The highest BCUT2D eigenvalue weighted by Gasteiger charge is 2.01. The molecule has 0 fully saturated rings. The Morgan fingerprint density at radius 3 is 2.65 bits per heavy atom. The van der Waals surface area contributed by atoms with Crippen LogP contribution in [-0.2, 0) is 17.8 Å². The summed E-state index contributed by atoms with van der Waals surface area (Å²) in [4.78, 5) is 25.8. The maximum absolute atomic E-state index is 11.4. The summed E-state index contributed by atoms with van der Waals surface area (Å²) >= 11 is 0. The molecule has 1 heterocycles. The highest BCUT2D eigenvalue weighted by Crippen LogP contribution is 2.12. The van der Waals surface area contributed by atoms with Crippen LogP contribution in [0.25, 0.3) is 0 Å². The number of carboxylic acids is 1. The summed E-state index contributed by atoms with van der Waals surface area (Å²) in [7, 11) is 0. The van der Waals surface area contributed by atoms with Gasteiger partial charge < -0.3 is 9.84 Å². The highest BCUT2D eigenvalue weighted by molar-refractivity contribution is 5.70.